The van der Waals surface area contributed by atoms with Crippen molar-refractivity contribution >= 4 is 23.1 Å². The Morgan fingerprint density at radius 3 is 3.29 bits per heavy atom. The summed E-state index contributed by atoms with van der Waals surface area (Å²) in [7, 11) is 0. The third-order valence-electron chi connectivity index (χ3n) is 2.67. The van der Waals surface area contributed by atoms with Gasteiger partial charge in [-0.05, 0) is 11.4 Å². The molecule has 3 heterocycles. The summed E-state index contributed by atoms with van der Waals surface area (Å²) in [6, 6.07) is 2.47. The van der Waals surface area contributed by atoms with Gasteiger partial charge < -0.3 is 9.84 Å². The van der Waals surface area contributed by atoms with Crippen LogP contribution in [0.5, 0.6) is 0 Å². The van der Waals surface area contributed by atoms with Crippen molar-refractivity contribution in [2.24, 2.45) is 0 Å². The van der Waals surface area contributed by atoms with E-state index < -0.39 is 0 Å². The Bertz CT molecular complexity index is 463. The first-order chi connectivity index (χ1) is 8.42. The molecular formula is C11H13N3OS2. The number of hydrogen-bond donors (Lipinski definition) is 1. The molecular weight excluding hydrogens is 254 g/mol. The van der Waals surface area contributed by atoms with Crippen LogP contribution in [0.25, 0.3) is 11.4 Å². The molecule has 1 aliphatic heterocycles. The molecule has 1 atom stereocenters. The van der Waals surface area contributed by atoms with E-state index in [0.717, 1.165) is 30.2 Å². The Hall–Kier alpha value is -0.850. The van der Waals surface area contributed by atoms with Crippen molar-refractivity contribution in [3.63, 3.8) is 0 Å². The zero-order valence-electron chi connectivity index (χ0n) is 9.26. The number of nitrogens with zero attached hydrogens (tertiary/aromatic N) is 2. The van der Waals surface area contributed by atoms with Crippen LogP contribution in [0.15, 0.2) is 21.3 Å². The molecule has 4 nitrogen and oxygen atoms in total. The highest BCUT2D eigenvalue weighted by molar-refractivity contribution is 7.99. The quantitative estimate of drug-likeness (QED) is 0.922. The number of nitrogens with one attached hydrogen (secondary N) is 1. The maximum absolute atomic E-state index is 5.29. The summed E-state index contributed by atoms with van der Waals surface area (Å²) in [6.07, 6.45) is 0.824. The zero-order chi connectivity index (χ0) is 11.5. The summed E-state index contributed by atoms with van der Waals surface area (Å²) in [5.74, 6) is 3.74. The van der Waals surface area contributed by atoms with E-state index in [1.807, 2.05) is 28.6 Å². The zero-order valence-corrected chi connectivity index (χ0v) is 10.9. The van der Waals surface area contributed by atoms with Gasteiger partial charge in [-0.1, -0.05) is 5.16 Å². The minimum absolute atomic E-state index is 0.463. The van der Waals surface area contributed by atoms with Gasteiger partial charge in [-0.15, -0.1) is 0 Å². The molecule has 90 valence electrons. The smallest absolute Gasteiger partial charge is 0.228 e. The van der Waals surface area contributed by atoms with E-state index >= 15 is 0 Å². The second-order valence-corrected chi connectivity index (χ2v) is 5.88. The first kappa shape index (κ1) is 11.3. The third-order valence-corrected chi connectivity index (χ3v) is 4.48. The number of hydrogen-bond acceptors (Lipinski definition) is 6. The molecule has 2 aromatic rings. The molecule has 1 saturated heterocycles. The van der Waals surface area contributed by atoms with Crippen LogP contribution in [0.1, 0.15) is 5.89 Å². The average molecular weight is 267 g/mol. The maximum atomic E-state index is 5.29. The van der Waals surface area contributed by atoms with Gasteiger partial charge in [0.05, 0.1) is 0 Å². The molecule has 0 radical (unpaired) electrons. The molecule has 0 aromatic carbocycles. The van der Waals surface area contributed by atoms with Crippen LogP contribution >= 0.6 is 23.1 Å². The molecule has 2 aromatic heterocycles. The molecule has 17 heavy (non-hydrogen) atoms. The van der Waals surface area contributed by atoms with Crippen LogP contribution in [-0.4, -0.2) is 34.2 Å². The molecule has 1 unspecified atom stereocenters. The van der Waals surface area contributed by atoms with Gasteiger partial charge >= 0.3 is 0 Å². The highest BCUT2D eigenvalue weighted by Crippen LogP contribution is 2.19. The molecule has 6 heteroatoms. The predicted molar refractivity (Wildman–Crippen MR) is 70.4 cm³/mol. The van der Waals surface area contributed by atoms with Gasteiger partial charge in [0.2, 0.25) is 11.7 Å². The van der Waals surface area contributed by atoms with Crippen molar-refractivity contribution in [3.8, 4) is 11.4 Å². The molecule has 1 aliphatic rings. The normalized spacial score (nSPS) is 20.6. The average Bonchev–Trinajstić information content (AvgIpc) is 3.00. The Labute approximate surface area is 108 Å². The largest absolute Gasteiger partial charge is 0.339 e. The molecule has 0 bridgehead atoms. The van der Waals surface area contributed by atoms with Crippen molar-refractivity contribution in [1.82, 2.24) is 15.5 Å². The minimum atomic E-state index is 0.463. The van der Waals surface area contributed by atoms with E-state index in [0.29, 0.717) is 11.9 Å². The molecule has 1 N–H and O–H groups in total. The summed E-state index contributed by atoms with van der Waals surface area (Å²) in [5, 5.41) is 11.5. The Morgan fingerprint density at radius 2 is 2.53 bits per heavy atom. The lowest BCUT2D eigenvalue weighted by molar-refractivity contribution is 0.363. The third kappa shape index (κ3) is 2.70. The van der Waals surface area contributed by atoms with Crippen LogP contribution in [0.4, 0.5) is 0 Å². The van der Waals surface area contributed by atoms with Crippen LogP contribution in [0.2, 0.25) is 0 Å². The molecule has 0 aliphatic carbocycles. The standard InChI is InChI=1S/C11H13N3OS2/c1-3-16-6-8(1)11-13-10(15-14-11)5-9-7-17-4-2-12-9/h1,3,6,9,12H,2,4-5,7H2. The second-order valence-electron chi connectivity index (χ2n) is 3.95. The van der Waals surface area contributed by atoms with Gasteiger partial charge in [-0.2, -0.15) is 28.1 Å². The Morgan fingerprint density at radius 1 is 1.53 bits per heavy atom. The second kappa shape index (κ2) is 5.20. The van der Waals surface area contributed by atoms with E-state index in [1.165, 1.54) is 5.75 Å². The van der Waals surface area contributed by atoms with Crippen LogP contribution in [0, 0.1) is 0 Å². The van der Waals surface area contributed by atoms with Gasteiger partial charge in [0.1, 0.15) is 0 Å². The fraction of sp³-hybridized carbons (Fsp3) is 0.455. The summed E-state index contributed by atoms with van der Waals surface area (Å²) in [6.45, 7) is 1.07. The SMILES string of the molecule is c1cc(-c2noc(CC3CSCCN3)n2)cs1. The number of rotatable bonds is 3. The maximum Gasteiger partial charge on any atom is 0.228 e. The summed E-state index contributed by atoms with van der Waals surface area (Å²) in [5.41, 5.74) is 1.04. The van der Waals surface area contributed by atoms with E-state index in [9.17, 15) is 0 Å². The topological polar surface area (TPSA) is 51.0 Å². The van der Waals surface area contributed by atoms with Gasteiger partial charge in [0.15, 0.2) is 0 Å². The van der Waals surface area contributed by atoms with Gasteiger partial charge in [-0.3, -0.25) is 0 Å². The van der Waals surface area contributed by atoms with Gasteiger partial charge in [-0.25, -0.2) is 0 Å². The first-order valence-corrected chi connectivity index (χ1v) is 7.68. The van der Waals surface area contributed by atoms with Crippen molar-refractivity contribution < 1.29 is 4.52 Å². The van der Waals surface area contributed by atoms with E-state index in [-0.39, 0.29) is 0 Å². The van der Waals surface area contributed by atoms with Gasteiger partial charge in [0.25, 0.3) is 0 Å². The van der Waals surface area contributed by atoms with Crippen molar-refractivity contribution in [1.29, 1.82) is 0 Å². The summed E-state index contributed by atoms with van der Waals surface area (Å²) in [4.78, 5) is 4.43. The number of thiophene rings is 1. The fourth-order valence-electron chi connectivity index (χ4n) is 1.81. The van der Waals surface area contributed by atoms with Gasteiger partial charge in [0, 0.05) is 41.5 Å². The van der Waals surface area contributed by atoms with E-state index in [1.54, 1.807) is 11.3 Å². The first-order valence-electron chi connectivity index (χ1n) is 5.58. The van der Waals surface area contributed by atoms with E-state index in [2.05, 4.69) is 15.5 Å². The van der Waals surface area contributed by atoms with Crippen molar-refractivity contribution in [2.45, 2.75) is 12.5 Å². The molecule has 0 amide bonds. The van der Waals surface area contributed by atoms with Crippen LogP contribution in [0.3, 0.4) is 0 Å². The highest BCUT2D eigenvalue weighted by atomic mass is 32.2. The molecule has 3 rings (SSSR count). The van der Waals surface area contributed by atoms with Crippen molar-refractivity contribution in [2.75, 3.05) is 18.1 Å². The molecule has 0 saturated carbocycles. The lowest BCUT2D eigenvalue weighted by Gasteiger charge is -2.21. The minimum Gasteiger partial charge on any atom is -0.339 e. The number of aromatic nitrogens is 2. The van der Waals surface area contributed by atoms with Crippen LogP contribution < -0.4 is 5.32 Å². The summed E-state index contributed by atoms with van der Waals surface area (Å²) >= 11 is 3.62. The lowest BCUT2D eigenvalue weighted by atomic mass is 10.2. The molecule has 1 fully saturated rings. The Balaban J connectivity index is 1.68. The number of thioether (sulfide) groups is 1. The highest BCUT2D eigenvalue weighted by Gasteiger charge is 2.17. The monoisotopic (exact) mass is 267 g/mol. The van der Waals surface area contributed by atoms with Crippen molar-refractivity contribution in [3.05, 3.63) is 22.7 Å². The lowest BCUT2D eigenvalue weighted by Crippen LogP contribution is -2.38. The van der Waals surface area contributed by atoms with E-state index in [4.69, 9.17) is 4.52 Å². The van der Waals surface area contributed by atoms with Crippen LogP contribution in [-0.2, 0) is 6.42 Å². The fourth-order valence-corrected chi connectivity index (χ4v) is 3.39. The molecule has 0 spiro atoms. The predicted octanol–water partition coefficient (Wildman–Crippen LogP) is 2.05. The summed E-state index contributed by atoms with van der Waals surface area (Å²) < 4.78 is 5.29. The Kier molecular flexibility index (Phi) is 3.44.